The number of para-hydroxylation sites is 1. The van der Waals surface area contributed by atoms with E-state index in [9.17, 15) is 0 Å². The van der Waals surface area contributed by atoms with Gasteiger partial charge >= 0.3 is 0 Å². The monoisotopic (exact) mass is 203 g/mol. The summed E-state index contributed by atoms with van der Waals surface area (Å²) >= 11 is 0. The number of pyridine rings is 1. The van der Waals surface area contributed by atoms with Gasteiger partial charge in [0.15, 0.2) is 0 Å². The zero-order chi connectivity index (χ0) is 8.67. The Kier molecular flexibility index (Phi) is 2.18. The van der Waals surface area contributed by atoms with Crippen LogP contribution in [0.1, 0.15) is 0 Å². The smallest absolute Gasteiger partial charge is 0.0528 e. The molecule has 70 valence electrons. The van der Waals surface area contributed by atoms with Gasteiger partial charge in [-0.15, -0.1) is 12.4 Å². The summed E-state index contributed by atoms with van der Waals surface area (Å²) < 4.78 is 2.20. The van der Waals surface area contributed by atoms with Gasteiger partial charge in [0.2, 0.25) is 0 Å². The van der Waals surface area contributed by atoms with Gasteiger partial charge in [-0.1, -0.05) is 24.3 Å². The van der Waals surface area contributed by atoms with E-state index >= 15 is 0 Å². The van der Waals surface area contributed by atoms with Crippen LogP contribution in [0.25, 0.3) is 16.4 Å². The number of nitrogens with zero attached hydrogens (tertiary/aromatic N) is 1. The van der Waals surface area contributed by atoms with Crippen molar-refractivity contribution >= 4 is 28.8 Å². The number of fused-ring (bicyclic) bond motifs is 3. The second-order valence-electron chi connectivity index (χ2n) is 3.20. The van der Waals surface area contributed by atoms with Gasteiger partial charge < -0.3 is 4.40 Å². The molecule has 0 bridgehead atoms. The molecule has 0 saturated carbocycles. The molecule has 0 unspecified atom stereocenters. The second-order valence-corrected chi connectivity index (χ2v) is 3.20. The average Bonchev–Trinajstić information content (AvgIpc) is 2.56. The summed E-state index contributed by atoms with van der Waals surface area (Å²) in [7, 11) is 0. The third kappa shape index (κ3) is 1.17. The van der Waals surface area contributed by atoms with E-state index in [1.165, 1.54) is 16.4 Å². The van der Waals surface area contributed by atoms with E-state index in [1.54, 1.807) is 0 Å². The third-order valence-corrected chi connectivity index (χ3v) is 2.39. The van der Waals surface area contributed by atoms with Crippen molar-refractivity contribution in [2.75, 3.05) is 0 Å². The number of halogens is 1. The largest absolute Gasteiger partial charge is 0.317 e. The van der Waals surface area contributed by atoms with Crippen molar-refractivity contribution in [1.82, 2.24) is 4.40 Å². The summed E-state index contributed by atoms with van der Waals surface area (Å²) in [6.45, 7) is 0. The van der Waals surface area contributed by atoms with Gasteiger partial charge in [0.05, 0.1) is 5.52 Å². The van der Waals surface area contributed by atoms with Gasteiger partial charge in [0.25, 0.3) is 0 Å². The molecule has 1 nitrogen and oxygen atoms in total. The Balaban J connectivity index is 0.000000750. The fourth-order valence-electron chi connectivity index (χ4n) is 1.78. The summed E-state index contributed by atoms with van der Waals surface area (Å²) in [4.78, 5) is 0. The average molecular weight is 204 g/mol. The summed E-state index contributed by atoms with van der Waals surface area (Å²) in [5.74, 6) is 0. The maximum atomic E-state index is 2.20. The lowest BCUT2D eigenvalue weighted by Gasteiger charge is -1.94. The molecule has 0 radical (unpaired) electrons. The van der Waals surface area contributed by atoms with Crippen LogP contribution in [-0.4, -0.2) is 4.40 Å². The highest BCUT2D eigenvalue weighted by Gasteiger charge is 1.98. The van der Waals surface area contributed by atoms with Gasteiger partial charge in [-0.2, -0.15) is 0 Å². The van der Waals surface area contributed by atoms with E-state index in [0.29, 0.717) is 0 Å². The van der Waals surface area contributed by atoms with Crippen LogP contribution in [0.5, 0.6) is 0 Å². The van der Waals surface area contributed by atoms with Crippen LogP contribution in [-0.2, 0) is 0 Å². The van der Waals surface area contributed by atoms with Crippen LogP contribution >= 0.6 is 12.4 Å². The van der Waals surface area contributed by atoms with Crippen LogP contribution in [0.2, 0.25) is 0 Å². The fourth-order valence-corrected chi connectivity index (χ4v) is 1.78. The SMILES string of the molecule is Cl.c1ccc2c(c1)cc1ccccn12. The van der Waals surface area contributed by atoms with E-state index in [1.807, 2.05) is 0 Å². The van der Waals surface area contributed by atoms with E-state index in [0.717, 1.165) is 0 Å². The molecule has 3 aromatic rings. The van der Waals surface area contributed by atoms with E-state index in [2.05, 4.69) is 59.1 Å². The molecule has 0 saturated heterocycles. The van der Waals surface area contributed by atoms with Crippen molar-refractivity contribution < 1.29 is 0 Å². The van der Waals surface area contributed by atoms with Gasteiger partial charge in [-0.05, 0) is 24.3 Å². The number of benzene rings is 1. The van der Waals surface area contributed by atoms with Gasteiger partial charge in [-0.25, -0.2) is 0 Å². The Morgan fingerprint density at radius 3 is 2.57 bits per heavy atom. The quantitative estimate of drug-likeness (QED) is 0.527. The molecular weight excluding hydrogens is 194 g/mol. The lowest BCUT2D eigenvalue weighted by Crippen LogP contribution is -1.79. The number of rotatable bonds is 0. The van der Waals surface area contributed by atoms with Gasteiger partial charge in [0.1, 0.15) is 0 Å². The standard InChI is InChI=1S/C12H9N.ClH/c1-2-7-12-10(5-1)9-11-6-3-4-8-13(11)12;/h1-9H;1H. The Labute approximate surface area is 88.4 Å². The Morgan fingerprint density at radius 2 is 1.64 bits per heavy atom. The number of aromatic nitrogens is 1. The maximum Gasteiger partial charge on any atom is 0.0528 e. The zero-order valence-electron chi connectivity index (χ0n) is 7.55. The van der Waals surface area contributed by atoms with Crippen LogP contribution in [0, 0.1) is 0 Å². The first-order valence-electron chi connectivity index (χ1n) is 4.40. The molecule has 14 heavy (non-hydrogen) atoms. The molecule has 0 aliphatic carbocycles. The highest BCUT2D eigenvalue weighted by Crippen LogP contribution is 2.18. The van der Waals surface area contributed by atoms with Crippen LogP contribution < -0.4 is 0 Å². The van der Waals surface area contributed by atoms with Gasteiger partial charge in [-0.3, -0.25) is 0 Å². The normalized spacial score (nSPS) is 10.3. The molecule has 2 aromatic heterocycles. The first-order valence-corrected chi connectivity index (χ1v) is 4.40. The predicted molar refractivity (Wildman–Crippen MR) is 62.2 cm³/mol. The van der Waals surface area contributed by atoms with E-state index in [4.69, 9.17) is 0 Å². The summed E-state index contributed by atoms with van der Waals surface area (Å²) in [5, 5.41) is 1.30. The highest BCUT2D eigenvalue weighted by atomic mass is 35.5. The zero-order valence-corrected chi connectivity index (χ0v) is 8.37. The molecule has 0 amide bonds. The predicted octanol–water partition coefficient (Wildman–Crippen LogP) is 3.51. The lowest BCUT2D eigenvalue weighted by atomic mass is 10.2. The first-order chi connectivity index (χ1) is 6.45. The van der Waals surface area contributed by atoms with Crippen molar-refractivity contribution in [1.29, 1.82) is 0 Å². The highest BCUT2D eigenvalue weighted by molar-refractivity contribution is 5.87. The Hall–Kier alpha value is -1.47. The van der Waals surface area contributed by atoms with E-state index in [-0.39, 0.29) is 12.4 Å². The molecule has 0 fully saturated rings. The molecule has 0 aliphatic heterocycles. The molecule has 1 aromatic carbocycles. The van der Waals surface area contributed by atoms with Crippen molar-refractivity contribution in [3.8, 4) is 0 Å². The fraction of sp³-hybridized carbons (Fsp3) is 0. The van der Waals surface area contributed by atoms with Crippen molar-refractivity contribution in [2.45, 2.75) is 0 Å². The second kappa shape index (κ2) is 3.35. The molecule has 0 spiro atoms. The van der Waals surface area contributed by atoms with Crippen molar-refractivity contribution in [3.63, 3.8) is 0 Å². The van der Waals surface area contributed by atoms with Crippen molar-refractivity contribution in [2.24, 2.45) is 0 Å². The molecule has 0 N–H and O–H groups in total. The molecule has 0 aliphatic rings. The topological polar surface area (TPSA) is 4.41 Å². The third-order valence-electron chi connectivity index (χ3n) is 2.39. The van der Waals surface area contributed by atoms with Crippen LogP contribution in [0.3, 0.4) is 0 Å². The van der Waals surface area contributed by atoms with Crippen molar-refractivity contribution in [3.05, 3.63) is 54.7 Å². The lowest BCUT2D eigenvalue weighted by molar-refractivity contribution is 1.25. The maximum absolute atomic E-state index is 2.20. The molecule has 2 heterocycles. The minimum absolute atomic E-state index is 0. The summed E-state index contributed by atoms with van der Waals surface area (Å²) in [5.41, 5.74) is 2.53. The van der Waals surface area contributed by atoms with Crippen LogP contribution in [0.4, 0.5) is 0 Å². The Morgan fingerprint density at radius 1 is 0.857 bits per heavy atom. The number of hydrogen-bond acceptors (Lipinski definition) is 0. The summed E-state index contributed by atoms with van der Waals surface area (Å²) in [6.07, 6.45) is 2.09. The Bertz CT molecular complexity index is 518. The minimum Gasteiger partial charge on any atom is -0.317 e. The minimum atomic E-state index is 0. The molecular formula is C12H10ClN. The molecule has 3 rings (SSSR count). The first kappa shape index (κ1) is 9.10. The number of hydrogen-bond donors (Lipinski definition) is 0. The van der Waals surface area contributed by atoms with Gasteiger partial charge in [0, 0.05) is 17.1 Å². The molecule has 0 atom stereocenters. The van der Waals surface area contributed by atoms with E-state index < -0.39 is 0 Å². The van der Waals surface area contributed by atoms with Crippen LogP contribution in [0.15, 0.2) is 54.7 Å². The molecule has 2 heteroatoms. The summed E-state index contributed by atoms with van der Waals surface area (Å²) in [6, 6.07) is 16.9.